The molecule has 1 heterocycles. The van der Waals surface area contributed by atoms with Crippen LogP contribution in [0.3, 0.4) is 0 Å². The number of pyridine rings is 1. The topological polar surface area (TPSA) is 39.2 Å². The van der Waals surface area contributed by atoms with E-state index in [9.17, 15) is 4.79 Å². The van der Waals surface area contributed by atoms with Gasteiger partial charge >= 0.3 is 5.97 Å². The largest absolute Gasteiger partial charge is 0.460 e. The molecule has 0 spiro atoms. The normalized spacial score (nSPS) is 11.5. The van der Waals surface area contributed by atoms with Gasteiger partial charge in [0.2, 0.25) is 0 Å². The number of hydrogen-bond acceptors (Lipinski definition) is 3. The molecule has 0 aliphatic rings. The van der Waals surface area contributed by atoms with E-state index in [0.717, 1.165) is 16.5 Å². The van der Waals surface area contributed by atoms with Crippen LogP contribution in [0.5, 0.6) is 0 Å². The van der Waals surface area contributed by atoms with E-state index < -0.39 is 5.60 Å². The van der Waals surface area contributed by atoms with Gasteiger partial charge in [-0.25, -0.2) is 0 Å². The molecule has 0 N–H and O–H groups in total. The van der Waals surface area contributed by atoms with Crippen molar-refractivity contribution in [2.75, 3.05) is 0 Å². The molecule has 0 aliphatic carbocycles. The van der Waals surface area contributed by atoms with Crippen molar-refractivity contribution in [3.63, 3.8) is 0 Å². The Morgan fingerprint density at radius 1 is 1.22 bits per heavy atom. The van der Waals surface area contributed by atoms with Crippen LogP contribution < -0.4 is 0 Å². The van der Waals surface area contributed by atoms with Gasteiger partial charge in [-0.3, -0.25) is 9.78 Å². The fourth-order valence-corrected chi connectivity index (χ4v) is 1.84. The third-order valence-corrected chi connectivity index (χ3v) is 2.47. The number of aromatic nitrogens is 1. The summed E-state index contributed by atoms with van der Waals surface area (Å²) in [6, 6.07) is 9.71. The highest BCUT2D eigenvalue weighted by Gasteiger charge is 2.17. The quantitative estimate of drug-likeness (QED) is 0.761. The van der Waals surface area contributed by atoms with Gasteiger partial charge in [0.25, 0.3) is 0 Å². The van der Waals surface area contributed by atoms with Crippen LogP contribution in [0, 0.1) is 0 Å². The smallest absolute Gasteiger partial charge is 0.310 e. The Labute approximate surface area is 107 Å². The Bertz CT molecular complexity index is 565. The highest BCUT2D eigenvalue weighted by Crippen LogP contribution is 2.18. The molecule has 0 aliphatic heterocycles. The molecule has 0 amide bonds. The van der Waals surface area contributed by atoms with Crippen LogP contribution in [0.15, 0.2) is 36.5 Å². The minimum atomic E-state index is -0.449. The maximum Gasteiger partial charge on any atom is 0.310 e. The summed E-state index contributed by atoms with van der Waals surface area (Å²) in [5, 5.41) is 1.04. The Balaban J connectivity index is 2.24. The molecule has 0 unspecified atom stereocenters. The second-order valence-corrected chi connectivity index (χ2v) is 5.26. The number of rotatable bonds is 2. The first-order valence-electron chi connectivity index (χ1n) is 6.00. The average molecular weight is 243 g/mol. The zero-order valence-corrected chi connectivity index (χ0v) is 10.9. The summed E-state index contributed by atoms with van der Waals surface area (Å²) in [6.07, 6.45) is 1.99. The van der Waals surface area contributed by atoms with Crippen molar-refractivity contribution < 1.29 is 9.53 Å². The Morgan fingerprint density at radius 2 is 1.94 bits per heavy atom. The third-order valence-electron chi connectivity index (χ3n) is 2.47. The number of fused-ring (bicyclic) bond motifs is 1. The van der Waals surface area contributed by atoms with Crippen LogP contribution >= 0.6 is 0 Å². The van der Waals surface area contributed by atoms with Crippen LogP contribution in [0.4, 0.5) is 0 Å². The lowest BCUT2D eigenvalue weighted by molar-refractivity contribution is -0.153. The minimum Gasteiger partial charge on any atom is -0.460 e. The maximum atomic E-state index is 11.8. The second-order valence-electron chi connectivity index (χ2n) is 5.26. The van der Waals surface area contributed by atoms with Gasteiger partial charge in [0.15, 0.2) is 0 Å². The van der Waals surface area contributed by atoms with Crippen molar-refractivity contribution >= 4 is 16.9 Å². The van der Waals surface area contributed by atoms with Crippen molar-refractivity contribution in [3.8, 4) is 0 Å². The first-order chi connectivity index (χ1) is 8.46. The Kier molecular flexibility index (Phi) is 3.32. The van der Waals surface area contributed by atoms with Gasteiger partial charge in [0, 0.05) is 11.6 Å². The highest BCUT2D eigenvalue weighted by molar-refractivity contribution is 5.85. The van der Waals surface area contributed by atoms with Gasteiger partial charge < -0.3 is 4.74 Å². The molecule has 0 saturated carbocycles. The SMILES string of the molecule is CC(C)(C)OC(=O)Cc1cccc2cccnc12. The number of esters is 1. The van der Waals surface area contributed by atoms with Crippen LogP contribution in [0.25, 0.3) is 10.9 Å². The van der Waals surface area contributed by atoms with E-state index in [-0.39, 0.29) is 12.4 Å². The zero-order chi connectivity index (χ0) is 13.2. The van der Waals surface area contributed by atoms with Gasteiger partial charge in [-0.15, -0.1) is 0 Å². The predicted molar refractivity (Wildman–Crippen MR) is 71.3 cm³/mol. The molecule has 0 bridgehead atoms. The lowest BCUT2D eigenvalue weighted by atomic mass is 10.1. The zero-order valence-electron chi connectivity index (χ0n) is 10.9. The maximum absolute atomic E-state index is 11.8. The van der Waals surface area contributed by atoms with Crippen LogP contribution in [0.1, 0.15) is 26.3 Å². The number of benzene rings is 1. The van der Waals surface area contributed by atoms with Crippen molar-refractivity contribution in [2.24, 2.45) is 0 Å². The van der Waals surface area contributed by atoms with E-state index in [2.05, 4.69) is 4.98 Å². The van der Waals surface area contributed by atoms with Crippen LogP contribution in [-0.4, -0.2) is 16.6 Å². The number of ether oxygens (including phenoxy) is 1. The monoisotopic (exact) mass is 243 g/mol. The summed E-state index contributed by atoms with van der Waals surface area (Å²) in [4.78, 5) is 16.1. The molecule has 0 atom stereocenters. The van der Waals surface area contributed by atoms with Gasteiger partial charge in [-0.05, 0) is 32.4 Å². The molecule has 94 valence electrons. The third kappa shape index (κ3) is 3.06. The molecule has 1 aromatic carbocycles. The summed E-state index contributed by atoms with van der Waals surface area (Å²) < 4.78 is 5.32. The Hall–Kier alpha value is -1.90. The van der Waals surface area contributed by atoms with Crippen LogP contribution in [0.2, 0.25) is 0 Å². The van der Waals surface area contributed by atoms with E-state index in [1.165, 1.54) is 0 Å². The summed E-state index contributed by atoms with van der Waals surface area (Å²) in [5.41, 5.74) is 1.32. The number of para-hydroxylation sites is 1. The second kappa shape index (κ2) is 4.77. The molecule has 18 heavy (non-hydrogen) atoms. The van der Waals surface area contributed by atoms with E-state index in [1.807, 2.05) is 51.1 Å². The predicted octanol–water partition coefficient (Wildman–Crippen LogP) is 3.12. The van der Waals surface area contributed by atoms with Gasteiger partial charge in [-0.2, -0.15) is 0 Å². The summed E-state index contributed by atoms with van der Waals surface area (Å²) in [7, 11) is 0. The standard InChI is InChI=1S/C15H17NO2/c1-15(2,3)18-13(17)10-12-7-4-6-11-8-5-9-16-14(11)12/h4-9H,10H2,1-3H3. The fraction of sp³-hybridized carbons (Fsp3) is 0.333. The summed E-state index contributed by atoms with van der Waals surface area (Å²) in [6.45, 7) is 5.60. The number of carbonyl (C=O) groups excluding carboxylic acids is 1. The van der Waals surface area contributed by atoms with Crippen molar-refractivity contribution in [3.05, 3.63) is 42.1 Å². The number of hydrogen-bond donors (Lipinski definition) is 0. The van der Waals surface area contributed by atoms with Gasteiger partial charge in [-0.1, -0.05) is 24.3 Å². The van der Waals surface area contributed by atoms with Crippen molar-refractivity contribution in [1.29, 1.82) is 0 Å². The van der Waals surface area contributed by atoms with Crippen molar-refractivity contribution in [2.45, 2.75) is 32.8 Å². The molecule has 0 fully saturated rings. The summed E-state index contributed by atoms with van der Waals surface area (Å²) >= 11 is 0. The lowest BCUT2D eigenvalue weighted by Gasteiger charge is -2.19. The lowest BCUT2D eigenvalue weighted by Crippen LogP contribution is -2.25. The van der Waals surface area contributed by atoms with E-state index in [1.54, 1.807) is 6.20 Å². The molecule has 2 aromatic rings. The Morgan fingerprint density at radius 3 is 2.67 bits per heavy atom. The minimum absolute atomic E-state index is 0.222. The molecule has 0 radical (unpaired) electrons. The molecular weight excluding hydrogens is 226 g/mol. The van der Waals surface area contributed by atoms with Crippen molar-refractivity contribution in [1.82, 2.24) is 4.98 Å². The van der Waals surface area contributed by atoms with Gasteiger partial charge in [0.05, 0.1) is 11.9 Å². The molecule has 2 rings (SSSR count). The first-order valence-corrected chi connectivity index (χ1v) is 6.00. The first kappa shape index (κ1) is 12.6. The molecule has 1 aromatic heterocycles. The van der Waals surface area contributed by atoms with Gasteiger partial charge in [0.1, 0.15) is 5.60 Å². The fourth-order valence-electron chi connectivity index (χ4n) is 1.84. The number of nitrogens with zero attached hydrogens (tertiary/aromatic N) is 1. The molecule has 3 nitrogen and oxygen atoms in total. The van der Waals surface area contributed by atoms with E-state index in [4.69, 9.17) is 4.74 Å². The molecule has 3 heteroatoms. The highest BCUT2D eigenvalue weighted by atomic mass is 16.6. The average Bonchev–Trinajstić information content (AvgIpc) is 2.27. The van der Waals surface area contributed by atoms with E-state index in [0.29, 0.717) is 0 Å². The molecule has 0 saturated heterocycles. The number of carbonyl (C=O) groups is 1. The summed E-state index contributed by atoms with van der Waals surface area (Å²) in [5.74, 6) is -0.222. The van der Waals surface area contributed by atoms with Crippen LogP contribution in [-0.2, 0) is 16.0 Å². The molecular formula is C15H17NO2. The van der Waals surface area contributed by atoms with E-state index >= 15 is 0 Å².